The molecule has 1 aromatic carbocycles. The number of rotatable bonds is 4. The number of hydrogen-bond donors (Lipinski definition) is 1. The summed E-state index contributed by atoms with van der Waals surface area (Å²) < 4.78 is 1.86. The summed E-state index contributed by atoms with van der Waals surface area (Å²) in [4.78, 5) is 0. The third-order valence-electron chi connectivity index (χ3n) is 2.84. The summed E-state index contributed by atoms with van der Waals surface area (Å²) in [7, 11) is 0. The first-order valence-corrected chi connectivity index (χ1v) is 5.81. The summed E-state index contributed by atoms with van der Waals surface area (Å²) in [6.45, 7) is 4.31. The van der Waals surface area contributed by atoms with Crippen LogP contribution in [0.2, 0.25) is 0 Å². The van der Waals surface area contributed by atoms with Gasteiger partial charge < -0.3 is 5.11 Å². The monoisotopic (exact) mass is 230 g/mol. The van der Waals surface area contributed by atoms with E-state index in [-0.39, 0.29) is 12.0 Å². The van der Waals surface area contributed by atoms with E-state index in [1.807, 2.05) is 29.1 Å². The zero-order chi connectivity index (χ0) is 12.3. The molecule has 0 amide bonds. The van der Waals surface area contributed by atoms with E-state index in [2.05, 4.69) is 31.1 Å². The van der Waals surface area contributed by atoms with Crippen LogP contribution in [-0.4, -0.2) is 21.5 Å². The fraction of sp³-hybridized carbons (Fsp3) is 0.357. The van der Waals surface area contributed by atoms with Crippen molar-refractivity contribution in [2.45, 2.75) is 20.3 Å². The highest BCUT2D eigenvalue weighted by atomic mass is 16.3. The van der Waals surface area contributed by atoms with Crippen LogP contribution < -0.4 is 0 Å². The van der Waals surface area contributed by atoms with Crippen molar-refractivity contribution in [2.75, 3.05) is 6.61 Å². The average Bonchev–Trinajstić information content (AvgIpc) is 2.83. The molecule has 0 fully saturated rings. The second-order valence-electron chi connectivity index (χ2n) is 5.08. The van der Waals surface area contributed by atoms with Gasteiger partial charge in [0.25, 0.3) is 0 Å². The molecule has 1 N–H and O–H groups in total. The Hall–Kier alpha value is -1.61. The zero-order valence-electron chi connectivity index (χ0n) is 10.3. The first-order valence-electron chi connectivity index (χ1n) is 5.81. The number of hydrogen-bond acceptors (Lipinski definition) is 2. The van der Waals surface area contributed by atoms with Crippen molar-refractivity contribution in [2.24, 2.45) is 5.41 Å². The van der Waals surface area contributed by atoms with E-state index >= 15 is 0 Å². The Bertz CT molecular complexity index is 475. The fourth-order valence-electron chi connectivity index (χ4n) is 1.87. The fourth-order valence-corrected chi connectivity index (χ4v) is 1.87. The van der Waals surface area contributed by atoms with Crippen LogP contribution in [0.5, 0.6) is 0 Å². The van der Waals surface area contributed by atoms with Crippen molar-refractivity contribution in [3.63, 3.8) is 0 Å². The first-order chi connectivity index (χ1) is 8.12. The number of aromatic nitrogens is 2. The third kappa shape index (κ3) is 2.74. The predicted molar refractivity (Wildman–Crippen MR) is 68.1 cm³/mol. The molecule has 0 bridgehead atoms. The van der Waals surface area contributed by atoms with E-state index in [0.717, 1.165) is 12.1 Å². The van der Waals surface area contributed by atoms with Crippen molar-refractivity contribution in [1.29, 1.82) is 0 Å². The van der Waals surface area contributed by atoms with Crippen molar-refractivity contribution >= 4 is 0 Å². The van der Waals surface area contributed by atoms with Gasteiger partial charge in [0, 0.05) is 19.0 Å². The molecule has 3 nitrogen and oxygen atoms in total. The number of aliphatic hydroxyl groups excluding tert-OH is 1. The molecule has 0 atom stereocenters. The standard InChI is InChI=1S/C14H18N2O/c1-14(2,11-17)10-12-6-3-4-7-13(12)16-9-5-8-15-16/h3-9,17H,10-11H2,1-2H3. The summed E-state index contributed by atoms with van der Waals surface area (Å²) in [5, 5.41) is 13.6. The minimum Gasteiger partial charge on any atom is -0.396 e. The largest absolute Gasteiger partial charge is 0.396 e. The van der Waals surface area contributed by atoms with E-state index in [4.69, 9.17) is 0 Å². The summed E-state index contributed by atoms with van der Waals surface area (Å²) >= 11 is 0. The van der Waals surface area contributed by atoms with Crippen LogP contribution in [0.15, 0.2) is 42.7 Å². The number of para-hydroxylation sites is 1. The van der Waals surface area contributed by atoms with Crippen molar-refractivity contribution in [1.82, 2.24) is 9.78 Å². The molecule has 0 radical (unpaired) electrons. The van der Waals surface area contributed by atoms with Crippen LogP contribution in [0, 0.1) is 5.41 Å². The van der Waals surface area contributed by atoms with Crippen LogP contribution >= 0.6 is 0 Å². The molecule has 1 aromatic heterocycles. The molecule has 2 rings (SSSR count). The molecular formula is C14H18N2O. The smallest absolute Gasteiger partial charge is 0.0677 e. The Morgan fingerprint density at radius 2 is 2.00 bits per heavy atom. The lowest BCUT2D eigenvalue weighted by Gasteiger charge is -2.23. The van der Waals surface area contributed by atoms with Gasteiger partial charge in [-0.05, 0) is 29.5 Å². The van der Waals surface area contributed by atoms with E-state index < -0.39 is 0 Å². The normalized spacial score (nSPS) is 11.7. The van der Waals surface area contributed by atoms with Gasteiger partial charge in [0.15, 0.2) is 0 Å². The van der Waals surface area contributed by atoms with Gasteiger partial charge in [0.05, 0.1) is 5.69 Å². The van der Waals surface area contributed by atoms with E-state index in [1.165, 1.54) is 5.56 Å². The molecule has 0 aliphatic heterocycles. The van der Waals surface area contributed by atoms with Crippen LogP contribution in [-0.2, 0) is 6.42 Å². The number of aliphatic hydroxyl groups is 1. The highest BCUT2D eigenvalue weighted by Crippen LogP contribution is 2.24. The highest BCUT2D eigenvalue weighted by molar-refractivity contribution is 5.40. The molecule has 17 heavy (non-hydrogen) atoms. The number of benzene rings is 1. The lowest BCUT2D eigenvalue weighted by Crippen LogP contribution is -2.20. The SMILES string of the molecule is CC(C)(CO)Cc1ccccc1-n1cccn1. The van der Waals surface area contributed by atoms with Gasteiger partial charge in [0.1, 0.15) is 0 Å². The third-order valence-corrected chi connectivity index (χ3v) is 2.84. The maximum absolute atomic E-state index is 9.35. The second kappa shape index (κ2) is 4.72. The van der Waals surface area contributed by atoms with Gasteiger partial charge in [-0.2, -0.15) is 5.10 Å². The molecule has 2 aromatic rings. The minimum atomic E-state index is -0.108. The average molecular weight is 230 g/mol. The Morgan fingerprint density at radius 3 is 2.65 bits per heavy atom. The Balaban J connectivity index is 2.35. The topological polar surface area (TPSA) is 38.0 Å². The quantitative estimate of drug-likeness (QED) is 0.876. The zero-order valence-corrected chi connectivity index (χ0v) is 10.3. The van der Waals surface area contributed by atoms with Gasteiger partial charge in [-0.1, -0.05) is 32.0 Å². The molecule has 0 aliphatic rings. The molecule has 0 saturated carbocycles. The van der Waals surface area contributed by atoms with Gasteiger partial charge >= 0.3 is 0 Å². The Labute approximate surface area is 102 Å². The number of nitrogens with zero attached hydrogens (tertiary/aromatic N) is 2. The van der Waals surface area contributed by atoms with Crippen LogP contribution in [0.3, 0.4) is 0 Å². The molecule has 90 valence electrons. The molecular weight excluding hydrogens is 212 g/mol. The molecule has 1 heterocycles. The summed E-state index contributed by atoms with van der Waals surface area (Å²) in [5.74, 6) is 0. The minimum absolute atomic E-state index is 0.108. The maximum atomic E-state index is 9.35. The molecule has 0 aliphatic carbocycles. The summed E-state index contributed by atoms with van der Waals surface area (Å²) in [6.07, 6.45) is 4.54. The predicted octanol–water partition coefficient (Wildman–Crippen LogP) is 2.43. The van der Waals surface area contributed by atoms with Gasteiger partial charge in [-0.15, -0.1) is 0 Å². The van der Waals surface area contributed by atoms with E-state index in [0.29, 0.717) is 0 Å². The lowest BCUT2D eigenvalue weighted by molar-refractivity contribution is 0.159. The lowest BCUT2D eigenvalue weighted by atomic mass is 9.86. The second-order valence-corrected chi connectivity index (χ2v) is 5.08. The Kier molecular flexibility index (Phi) is 3.29. The highest BCUT2D eigenvalue weighted by Gasteiger charge is 2.19. The van der Waals surface area contributed by atoms with Gasteiger partial charge in [-0.3, -0.25) is 0 Å². The van der Waals surface area contributed by atoms with Gasteiger partial charge in [0.2, 0.25) is 0 Å². The van der Waals surface area contributed by atoms with E-state index in [1.54, 1.807) is 6.20 Å². The van der Waals surface area contributed by atoms with E-state index in [9.17, 15) is 5.11 Å². The first kappa shape index (κ1) is 11.9. The molecule has 0 unspecified atom stereocenters. The molecule has 3 heteroatoms. The molecule has 0 saturated heterocycles. The summed E-state index contributed by atoms with van der Waals surface area (Å²) in [6, 6.07) is 10.1. The van der Waals surface area contributed by atoms with Crippen molar-refractivity contribution in [3.05, 3.63) is 48.3 Å². The van der Waals surface area contributed by atoms with Crippen LogP contribution in [0.4, 0.5) is 0 Å². The maximum Gasteiger partial charge on any atom is 0.0677 e. The Morgan fingerprint density at radius 1 is 1.24 bits per heavy atom. The van der Waals surface area contributed by atoms with Crippen molar-refractivity contribution in [3.8, 4) is 5.69 Å². The molecule has 0 spiro atoms. The van der Waals surface area contributed by atoms with Crippen LogP contribution in [0.25, 0.3) is 5.69 Å². The van der Waals surface area contributed by atoms with Crippen LogP contribution in [0.1, 0.15) is 19.4 Å². The van der Waals surface area contributed by atoms with Gasteiger partial charge in [-0.25, -0.2) is 4.68 Å². The summed E-state index contributed by atoms with van der Waals surface area (Å²) in [5.41, 5.74) is 2.18. The van der Waals surface area contributed by atoms with Crippen molar-refractivity contribution < 1.29 is 5.11 Å².